The first-order valence-electron chi connectivity index (χ1n) is 6.52. The number of carbonyl (C=O) groups is 1. The highest BCUT2D eigenvalue weighted by Crippen LogP contribution is 2.25. The number of nitrogens with zero attached hydrogens (tertiary/aromatic N) is 1. The monoisotopic (exact) mass is 333 g/mol. The summed E-state index contributed by atoms with van der Waals surface area (Å²) in [6.45, 7) is 1.37. The number of hydrogen-bond acceptors (Lipinski definition) is 3. The van der Waals surface area contributed by atoms with E-state index in [1.165, 1.54) is 0 Å². The van der Waals surface area contributed by atoms with Gasteiger partial charge in [0.1, 0.15) is 5.75 Å². The molecule has 1 aromatic rings. The minimum atomic E-state index is -0.293. The highest BCUT2D eigenvalue weighted by molar-refractivity contribution is 8.00. The topological polar surface area (TPSA) is 29.5 Å². The SMILES string of the molecule is O=C(Oc1ccccc1)N1CCSC(CC(Cl)CCl)C1. The molecule has 0 aromatic heterocycles. The molecule has 1 aliphatic rings. The van der Waals surface area contributed by atoms with Crippen LogP contribution in [0, 0.1) is 0 Å². The van der Waals surface area contributed by atoms with E-state index in [1.54, 1.807) is 17.0 Å². The first kappa shape index (κ1) is 15.8. The molecular weight excluding hydrogens is 317 g/mol. The largest absolute Gasteiger partial charge is 0.415 e. The van der Waals surface area contributed by atoms with Crippen LogP contribution < -0.4 is 4.74 Å². The van der Waals surface area contributed by atoms with Crippen LogP contribution in [0.5, 0.6) is 5.75 Å². The van der Waals surface area contributed by atoms with E-state index in [-0.39, 0.29) is 11.5 Å². The number of halogens is 2. The van der Waals surface area contributed by atoms with Gasteiger partial charge in [0, 0.05) is 35.3 Å². The maximum atomic E-state index is 12.1. The first-order chi connectivity index (χ1) is 9.69. The Hall–Kier alpha value is -0.580. The molecule has 2 atom stereocenters. The normalized spacial score (nSPS) is 20.5. The van der Waals surface area contributed by atoms with Crippen molar-refractivity contribution < 1.29 is 9.53 Å². The molecule has 0 N–H and O–H groups in total. The summed E-state index contributed by atoms with van der Waals surface area (Å²) in [5.74, 6) is 1.91. The fourth-order valence-corrected chi connectivity index (χ4v) is 3.79. The summed E-state index contributed by atoms with van der Waals surface area (Å²) in [6.07, 6.45) is 0.517. The van der Waals surface area contributed by atoms with Crippen LogP contribution in [0.15, 0.2) is 30.3 Å². The van der Waals surface area contributed by atoms with Gasteiger partial charge in [0.25, 0.3) is 0 Å². The molecule has 20 heavy (non-hydrogen) atoms. The second kappa shape index (κ2) is 8.01. The lowest BCUT2D eigenvalue weighted by atomic mass is 10.2. The van der Waals surface area contributed by atoms with Gasteiger partial charge in [-0.3, -0.25) is 0 Å². The third kappa shape index (κ3) is 4.76. The number of hydrogen-bond donors (Lipinski definition) is 0. The number of thioether (sulfide) groups is 1. The summed E-state index contributed by atoms with van der Waals surface area (Å²) in [4.78, 5) is 13.8. The zero-order valence-electron chi connectivity index (χ0n) is 11.0. The Labute approximate surface area is 133 Å². The van der Waals surface area contributed by atoms with E-state index in [0.29, 0.717) is 30.0 Å². The van der Waals surface area contributed by atoms with E-state index in [2.05, 4.69) is 0 Å². The van der Waals surface area contributed by atoms with E-state index in [4.69, 9.17) is 27.9 Å². The average molecular weight is 334 g/mol. The Morgan fingerprint density at radius 2 is 2.20 bits per heavy atom. The summed E-state index contributed by atoms with van der Waals surface area (Å²) >= 11 is 13.6. The average Bonchev–Trinajstić information content (AvgIpc) is 2.48. The number of rotatable bonds is 4. The summed E-state index contributed by atoms with van der Waals surface area (Å²) < 4.78 is 5.35. The highest BCUT2D eigenvalue weighted by Gasteiger charge is 2.26. The van der Waals surface area contributed by atoms with E-state index < -0.39 is 0 Å². The highest BCUT2D eigenvalue weighted by atomic mass is 35.5. The second-order valence-electron chi connectivity index (χ2n) is 4.61. The number of benzene rings is 1. The zero-order valence-corrected chi connectivity index (χ0v) is 13.3. The maximum absolute atomic E-state index is 12.1. The first-order valence-corrected chi connectivity index (χ1v) is 8.54. The minimum Gasteiger partial charge on any atom is -0.410 e. The molecule has 2 rings (SSSR count). The lowest BCUT2D eigenvalue weighted by Gasteiger charge is -2.32. The van der Waals surface area contributed by atoms with Crippen molar-refractivity contribution in [3.63, 3.8) is 0 Å². The Morgan fingerprint density at radius 1 is 1.45 bits per heavy atom. The van der Waals surface area contributed by atoms with Crippen molar-refractivity contribution in [1.29, 1.82) is 0 Å². The summed E-state index contributed by atoms with van der Waals surface area (Å²) in [5.41, 5.74) is 0. The lowest BCUT2D eigenvalue weighted by Crippen LogP contribution is -2.44. The Bertz CT molecular complexity index is 432. The van der Waals surface area contributed by atoms with E-state index in [9.17, 15) is 4.79 Å². The van der Waals surface area contributed by atoms with Crippen molar-refractivity contribution in [1.82, 2.24) is 4.90 Å². The molecule has 0 saturated carbocycles. The second-order valence-corrected chi connectivity index (χ2v) is 6.94. The number of carbonyl (C=O) groups excluding carboxylic acids is 1. The Balaban J connectivity index is 1.86. The zero-order chi connectivity index (χ0) is 14.4. The number of amides is 1. The Kier molecular flexibility index (Phi) is 6.33. The maximum Gasteiger partial charge on any atom is 0.415 e. The van der Waals surface area contributed by atoms with Gasteiger partial charge < -0.3 is 9.64 Å². The van der Waals surface area contributed by atoms with Gasteiger partial charge in [-0.2, -0.15) is 11.8 Å². The molecule has 1 aromatic carbocycles. The lowest BCUT2D eigenvalue weighted by molar-refractivity contribution is 0.153. The molecule has 3 nitrogen and oxygen atoms in total. The van der Waals surface area contributed by atoms with Gasteiger partial charge in [0.15, 0.2) is 0 Å². The standard InChI is InChI=1S/C14H17Cl2NO2S/c15-9-11(16)8-13-10-17(6-7-20-13)14(18)19-12-4-2-1-3-5-12/h1-5,11,13H,6-10H2. The summed E-state index contributed by atoms with van der Waals surface area (Å²) in [6, 6.07) is 9.12. The third-order valence-corrected chi connectivity index (χ3v) is 5.13. The van der Waals surface area contributed by atoms with E-state index in [1.807, 2.05) is 30.0 Å². The van der Waals surface area contributed by atoms with Gasteiger partial charge in [0.2, 0.25) is 0 Å². The molecule has 0 bridgehead atoms. The van der Waals surface area contributed by atoms with Crippen LogP contribution in [0.2, 0.25) is 0 Å². The van der Waals surface area contributed by atoms with Crippen LogP contribution in [-0.2, 0) is 0 Å². The van der Waals surface area contributed by atoms with Gasteiger partial charge in [-0.25, -0.2) is 4.79 Å². The van der Waals surface area contributed by atoms with Crippen molar-refractivity contribution >= 4 is 41.1 Å². The van der Waals surface area contributed by atoms with Gasteiger partial charge >= 0.3 is 6.09 Å². The summed E-state index contributed by atoms with van der Waals surface area (Å²) in [5, 5.41) is 0.285. The molecule has 1 aliphatic heterocycles. The van der Waals surface area contributed by atoms with Crippen LogP contribution in [-0.4, -0.2) is 46.3 Å². The van der Waals surface area contributed by atoms with Crippen molar-refractivity contribution in [3.05, 3.63) is 30.3 Å². The Morgan fingerprint density at radius 3 is 2.90 bits per heavy atom. The van der Waals surface area contributed by atoms with E-state index >= 15 is 0 Å². The summed E-state index contributed by atoms with van der Waals surface area (Å²) in [7, 11) is 0. The predicted octanol–water partition coefficient (Wildman–Crippen LogP) is 3.84. The molecule has 0 aliphatic carbocycles. The van der Waals surface area contributed by atoms with Crippen molar-refractivity contribution in [2.45, 2.75) is 17.0 Å². The molecule has 1 fully saturated rings. The van der Waals surface area contributed by atoms with Crippen LogP contribution >= 0.6 is 35.0 Å². The molecule has 1 heterocycles. The van der Waals surface area contributed by atoms with E-state index in [0.717, 1.165) is 12.2 Å². The molecule has 110 valence electrons. The molecule has 1 saturated heterocycles. The van der Waals surface area contributed by atoms with Crippen LogP contribution in [0.1, 0.15) is 6.42 Å². The van der Waals surface area contributed by atoms with Gasteiger partial charge in [-0.15, -0.1) is 23.2 Å². The minimum absolute atomic E-state index is 0.0424. The molecule has 0 spiro atoms. The van der Waals surface area contributed by atoms with Crippen molar-refractivity contribution in [2.24, 2.45) is 0 Å². The molecule has 2 unspecified atom stereocenters. The quantitative estimate of drug-likeness (QED) is 0.784. The van der Waals surface area contributed by atoms with Crippen LogP contribution in [0.3, 0.4) is 0 Å². The van der Waals surface area contributed by atoms with Gasteiger partial charge in [-0.05, 0) is 18.6 Å². The fourth-order valence-electron chi connectivity index (χ4n) is 2.03. The van der Waals surface area contributed by atoms with Crippen LogP contribution in [0.4, 0.5) is 4.79 Å². The molecule has 0 radical (unpaired) electrons. The smallest absolute Gasteiger partial charge is 0.410 e. The molecular formula is C14H17Cl2NO2S. The van der Waals surface area contributed by atoms with Gasteiger partial charge in [-0.1, -0.05) is 18.2 Å². The van der Waals surface area contributed by atoms with Crippen molar-refractivity contribution in [3.8, 4) is 5.75 Å². The third-order valence-electron chi connectivity index (χ3n) is 3.03. The molecule has 6 heteroatoms. The predicted molar refractivity (Wildman–Crippen MR) is 85.3 cm³/mol. The number of ether oxygens (including phenoxy) is 1. The van der Waals surface area contributed by atoms with Crippen molar-refractivity contribution in [2.75, 3.05) is 24.7 Å². The van der Waals surface area contributed by atoms with Gasteiger partial charge in [0.05, 0.1) is 0 Å². The molecule has 1 amide bonds. The fraction of sp³-hybridized carbons (Fsp3) is 0.500. The number of para-hydroxylation sites is 1. The number of alkyl halides is 2. The van der Waals surface area contributed by atoms with Crippen LogP contribution in [0.25, 0.3) is 0 Å².